The average Bonchev–Trinajstić information content (AvgIpc) is 2.81. The molecule has 2 rings (SSSR count). The van der Waals surface area contributed by atoms with Gasteiger partial charge in [-0.3, -0.25) is 4.79 Å². The molecular formula is C14H16F3NO2. The summed E-state index contributed by atoms with van der Waals surface area (Å²) in [6.07, 6.45) is -5.11. The average molecular weight is 287 g/mol. The lowest BCUT2D eigenvalue weighted by Crippen LogP contribution is -2.27. The van der Waals surface area contributed by atoms with Crippen LogP contribution >= 0.6 is 0 Å². The lowest BCUT2D eigenvalue weighted by atomic mass is 9.89. The Hall–Kier alpha value is -1.56. The minimum absolute atomic E-state index is 0.142. The van der Waals surface area contributed by atoms with E-state index in [1.807, 2.05) is 30.3 Å². The van der Waals surface area contributed by atoms with Gasteiger partial charge in [0.25, 0.3) is 0 Å². The Labute approximate surface area is 115 Å². The largest absolute Gasteiger partial charge is 0.481 e. The van der Waals surface area contributed by atoms with E-state index in [2.05, 4.69) is 0 Å². The summed E-state index contributed by atoms with van der Waals surface area (Å²) in [5, 5.41) is 9.24. The predicted octanol–water partition coefficient (Wildman–Crippen LogP) is 2.74. The molecule has 1 saturated heterocycles. The first-order chi connectivity index (χ1) is 9.37. The molecule has 1 fully saturated rings. The van der Waals surface area contributed by atoms with E-state index in [0.29, 0.717) is 6.54 Å². The zero-order valence-electron chi connectivity index (χ0n) is 10.8. The molecule has 1 aromatic rings. The van der Waals surface area contributed by atoms with Crippen molar-refractivity contribution in [3.63, 3.8) is 0 Å². The molecule has 0 aliphatic carbocycles. The highest BCUT2D eigenvalue weighted by Gasteiger charge is 2.39. The highest BCUT2D eigenvalue weighted by atomic mass is 19.4. The molecule has 110 valence electrons. The molecule has 1 aliphatic rings. The first kappa shape index (κ1) is 14.8. The second-order valence-corrected chi connectivity index (χ2v) is 5.09. The van der Waals surface area contributed by atoms with E-state index in [1.54, 1.807) is 4.90 Å². The van der Waals surface area contributed by atoms with Gasteiger partial charge in [0.2, 0.25) is 0 Å². The number of carboxylic acid groups (broad SMARTS) is 1. The minimum atomic E-state index is -4.20. The number of alkyl halides is 3. The van der Waals surface area contributed by atoms with Crippen LogP contribution in [0.3, 0.4) is 0 Å². The minimum Gasteiger partial charge on any atom is -0.481 e. The summed E-state index contributed by atoms with van der Waals surface area (Å²) in [7, 11) is 0. The fourth-order valence-electron chi connectivity index (χ4n) is 2.64. The van der Waals surface area contributed by atoms with Crippen LogP contribution < -0.4 is 0 Å². The van der Waals surface area contributed by atoms with E-state index in [-0.39, 0.29) is 19.0 Å². The molecule has 0 radical (unpaired) electrons. The van der Waals surface area contributed by atoms with Crippen LogP contribution in [0.1, 0.15) is 17.9 Å². The summed E-state index contributed by atoms with van der Waals surface area (Å²) in [5.41, 5.74) is 0.870. The number of benzene rings is 1. The summed E-state index contributed by atoms with van der Waals surface area (Å²) in [6.45, 7) is 0.388. The van der Waals surface area contributed by atoms with Crippen molar-refractivity contribution in [2.75, 3.05) is 19.6 Å². The zero-order chi connectivity index (χ0) is 14.8. The van der Waals surface area contributed by atoms with Gasteiger partial charge in [0.1, 0.15) is 0 Å². The van der Waals surface area contributed by atoms with Crippen molar-refractivity contribution in [2.24, 2.45) is 5.92 Å². The Bertz CT molecular complexity index is 461. The van der Waals surface area contributed by atoms with E-state index >= 15 is 0 Å². The number of rotatable bonds is 4. The zero-order valence-corrected chi connectivity index (χ0v) is 10.8. The van der Waals surface area contributed by atoms with Crippen LogP contribution in [0.5, 0.6) is 0 Å². The molecule has 6 heteroatoms. The molecule has 1 heterocycles. The molecule has 1 N–H and O–H groups in total. The van der Waals surface area contributed by atoms with E-state index in [4.69, 9.17) is 0 Å². The Morgan fingerprint density at radius 2 is 1.90 bits per heavy atom. The fourth-order valence-corrected chi connectivity index (χ4v) is 2.64. The monoisotopic (exact) mass is 287 g/mol. The summed E-state index contributed by atoms with van der Waals surface area (Å²) < 4.78 is 36.7. The van der Waals surface area contributed by atoms with Gasteiger partial charge in [0.05, 0.1) is 12.3 Å². The molecule has 3 nitrogen and oxygen atoms in total. The number of halogens is 3. The fraction of sp³-hybridized carbons (Fsp3) is 0.500. The number of nitrogens with zero attached hydrogens (tertiary/aromatic N) is 1. The van der Waals surface area contributed by atoms with Crippen LogP contribution in [-0.4, -0.2) is 41.8 Å². The van der Waals surface area contributed by atoms with Gasteiger partial charge >= 0.3 is 12.1 Å². The van der Waals surface area contributed by atoms with Crippen molar-refractivity contribution in [3.8, 4) is 0 Å². The van der Waals surface area contributed by atoms with Crippen LogP contribution in [0.2, 0.25) is 0 Å². The maximum Gasteiger partial charge on any atom is 0.390 e. The molecule has 2 atom stereocenters. The molecule has 0 amide bonds. The van der Waals surface area contributed by atoms with Gasteiger partial charge in [-0.25, -0.2) is 0 Å². The van der Waals surface area contributed by atoms with Gasteiger partial charge in [-0.2, -0.15) is 13.2 Å². The van der Waals surface area contributed by atoms with Crippen LogP contribution in [-0.2, 0) is 4.79 Å². The van der Waals surface area contributed by atoms with Crippen LogP contribution in [0.15, 0.2) is 30.3 Å². The summed E-state index contributed by atoms with van der Waals surface area (Å²) in [6, 6.07) is 9.11. The van der Waals surface area contributed by atoms with E-state index < -0.39 is 24.5 Å². The normalized spacial score (nSPS) is 23.9. The molecule has 0 bridgehead atoms. The second-order valence-electron chi connectivity index (χ2n) is 5.09. The van der Waals surface area contributed by atoms with Crippen molar-refractivity contribution in [2.45, 2.75) is 18.5 Å². The third-order valence-corrected chi connectivity index (χ3v) is 3.65. The van der Waals surface area contributed by atoms with Crippen molar-refractivity contribution >= 4 is 5.97 Å². The smallest absolute Gasteiger partial charge is 0.390 e. The van der Waals surface area contributed by atoms with E-state index in [1.165, 1.54) is 0 Å². The SMILES string of the molecule is O=C(O)[C@@H]1CN(CCC(F)(F)F)C[C@H]1c1ccccc1. The topological polar surface area (TPSA) is 40.5 Å². The van der Waals surface area contributed by atoms with Crippen molar-refractivity contribution in [3.05, 3.63) is 35.9 Å². The number of likely N-dealkylation sites (tertiary alicyclic amines) is 1. The standard InChI is InChI=1S/C14H16F3NO2/c15-14(16,17)6-7-18-8-11(12(9-18)13(19)20)10-4-2-1-3-5-10/h1-5,11-12H,6-9H2,(H,19,20)/t11-,12+/m0/s1. The Balaban J connectivity index is 2.06. The highest BCUT2D eigenvalue weighted by Crippen LogP contribution is 2.33. The van der Waals surface area contributed by atoms with Crippen LogP contribution in [0.4, 0.5) is 13.2 Å². The molecule has 20 heavy (non-hydrogen) atoms. The van der Waals surface area contributed by atoms with Crippen molar-refractivity contribution < 1.29 is 23.1 Å². The number of hydrogen-bond donors (Lipinski definition) is 1. The van der Waals surface area contributed by atoms with Crippen LogP contribution in [0.25, 0.3) is 0 Å². The van der Waals surface area contributed by atoms with Crippen molar-refractivity contribution in [1.82, 2.24) is 4.90 Å². The highest BCUT2D eigenvalue weighted by molar-refractivity contribution is 5.72. The second kappa shape index (κ2) is 5.83. The summed E-state index contributed by atoms with van der Waals surface area (Å²) >= 11 is 0. The molecule has 0 saturated carbocycles. The predicted molar refractivity (Wildman–Crippen MR) is 67.4 cm³/mol. The summed E-state index contributed by atoms with van der Waals surface area (Å²) in [5.74, 6) is -1.85. The molecule has 1 aliphatic heterocycles. The molecule has 0 aromatic heterocycles. The quantitative estimate of drug-likeness (QED) is 0.925. The van der Waals surface area contributed by atoms with E-state index in [0.717, 1.165) is 5.56 Å². The Morgan fingerprint density at radius 1 is 1.25 bits per heavy atom. The van der Waals surface area contributed by atoms with Crippen LogP contribution in [0, 0.1) is 5.92 Å². The lowest BCUT2D eigenvalue weighted by molar-refractivity contribution is -0.141. The molecule has 0 spiro atoms. The van der Waals surface area contributed by atoms with Gasteiger partial charge < -0.3 is 10.0 Å². The van der Waals surface area contributed by atoms with E-state index in [9.17, 15) is 23.1 Å². The number of carboxylic acids is 1. The van der Waals surface area contributed by atoms with Gasteiger partial charge in [-0.15, -0.1) is 0 Å². The van der Waals surface area contributed by atoms with Gasteiger partial charge in [0, 0.05) is 25.6 Å². The van der Waals surface area contributed by atoms with Crippen molar-refractivity contribution in [1.29, 1.82) is 0 Å². The van der Waals surface area contributed by atoms with Gasteiger partial charge in [0.15, 0.2) is 0 Å². The number of carbonyl (C=O) groups is 1. The third-order valence-electron chi connectivity index (χ3n) is 3.65. The first-order valence-corrected chi connectivity index (χ1v) is 6.43. The number of hydrogen-bond acceptors (Lipinski definition) is 2. The first-order valence-electron chi connectivity index (χ1n) is 6.43. The maximum absolute atomic E-state index is 12.2. The molecule has 0 unspecified atom stereocenters. The lowest BCUT2D eigenvalue weighted by Gasteiger charge is -2.17. The Morgan fingerprint density at radius 3 is 2.45 bits per heavy atom. The molecule has 1 aromatic carbocycles. The maximum atomic E-state index is 12.2. The Kier molecular flexibility index (Phi) is 4.32. The van der Waals surface area contributed by atoms with Gasteiger partial charge in [-0.1, -0.05) is 30.3 Å². The third kappa shape index (κ3) is 3.72. The van der Waals surface area contributed by atoms with Gasteiger partial charge in [-0.05, 0) is 5.56 Å². The summed E-state index contributed by atoms with van der Waals surface area (Å²) in [4.78, 5) is 12.9. The molecular weight excluding hydrogens is 271 g/mol. The number of aliphatic carboxylic acids is 1.